The number of hydrogen-bond donors (Lipinski definition) is 2. The Kier molecular flexibility index (Phi) is 4.73. The van der Waals surface area contributed by atoms with Crippen molar-refractivity contribution in [2.75, 3.05) is 13.1 Å². The van der Waals surface area contributed by atoms with Crippen molar-refractivity contribution < 1.29 is 4.79 Å². The summed E-state index contributed by atoms with van der Waals surface area (Å²) in [6, 6.07) is 2.46. The molecule has 2 heterocycles. The number of fused-ring (bicyclic) bond motifs is 1. The fraction of sp³-hybridized carbons (Fsp3) is 0.688. The van der Waals surface area contributed by atoms with E-state index in [1.54, 1.807) is 11.3 Å². The van der Waals surface area contributed by atoms with E-state index in [0.717, 1.165) is 43.6 Å². The maximum absolute atomic E-state index is 12.4. The van der Waals surface area contributed by atoms with Gasteiger partial charge in [0.1, 0.15) is 0 Å². The highest BCUT2D eigenvalue weighted by atomic mass is 32.1. The van der Waals surface area contributed by atoms with Crippen LogP contribution in [-0.4, -0.2) is 25.0 Å². The Morgan fingerprint density at radius 3 is 2.85 bits per heavy atom. The number of hydrogen-bond acceptors (Lipinski definition) is 3. The van der Waals surface area contributed by atoms with Gasteiger partial charge in [0.25, 0.3) is 5.91 Å². The van der Waals surface area contributed by atoms with Gasteiger partial charge in [-0.05, 0) is 56.7 Å². The Labute approximate surface area is 125 Å². The van der Waals surface area contributed by atoms with Gasteiger partial charge in [-0.2, -0.15) is 0 Å². The topological polar surface area (TPSA) is 41.1 Å². The molecule has 2 N–H and O–H groups in total. The molecule has 3 rings (SSSR count). The van der Waals surface area contributed by atoms with Gasteiger partial charge >= 0.3 is 0 Å². The molecule has 20 heavy (non-hydrogen) atoms. The molecule has 0 bridgehead atoms. The molecule has 0 aromatic carbocycles. The maximum atomic E-state index is 12.4. The van der Waals surface area contributed by atoms with E-state index < -0.39 is 0 Å². The molecule has 2 aliphatic rings. The summed E-state index contributed by atoms with van der Waals surface area (Å²) in [6.07, 6.45) is 9.81. The van der Waals surface area contributed by atoms with Gasteiger partial charge in [0, 0.05) is 17.5 Å². The third-order valence-electron chi connectivity index (χ3n) is 4.35. The first-order valence-corrected chi connectivity index (χ1v) is 8.78. The van der Waals surface area contributed by atoms with Crippen LogP contribution < -0.4 is 10.6 Å². The van der Waals surface area contributed by atoms with Crippen LogP contribution in [0.15, 0.2) is 6.07 Å². The van der Waals surface area contributed by atoms with E-state index in [1.165, 1.54) is 36.1 Å². The van der Waals surface area contributed by atoms with Crippen molar-refractivity contribution in [2.24, 2.45) is 0 Å². The van der Waals surface area contributed by atoms with Gasteiger partial charge in [0.2, 0.25) is 0 Å². The first kappa shape index (κ1) is 14.1. The lowest BCUT2D eigenvalue weighted by Gasteiger charge is -2.23. The molecule has 1 aromatic rings. The third kappa shape index (κ3) is 3.41. The smallest absolute Gasteiger partial charge is 0.261 e. The number of carbonyl (C=O) groups excluding carboxylic acids is 1. The van der Waals surface area contributed by atoms with Gasteiger partial charge in [-0.15, -0.1) is 11.3 Å². The number of aryl methyl sites for hydroxylation is 2. The molecule has 0 unspecified atom stereocenters. The summed E-state index contributed by atoms with van der Waals surface area (Å²) in [6.45, 7) is 2.00. The van der Waals surface area contributed by atoms with Gasteiger partial charge in [0.05, 0.1) is 4.88 Å². The van der Waals surface area contributed by atoms with Gasteiger partial charge in [-0.25, -0.2) is 0 Å². The van der Waals surface area contributed by atoms with Gasteiger partial charge < -0.3 is 10.6 Å². The zero-order valence-corrected chi connectivity index (χ0v) is 12.9. The van der Waals surface area contributed by atoms with Crippen LogP contribution >= 0.6 is 11.3 Å². The standard InChI is InChI=1S/C16H24N2OS/c19-16(18-13-7-5-9-17-11-13)15-10-12-6-3-1-2-4-8-14(12)20-15/h10,13,17H,1-9,11H2,(H,18,19)/t13-/m0/s1. The monoisotopic (exact) mass is 292 g/mol. The van der Waals surface area contributed by atoms with E-state index in [1.807, 2.05) is 0 Å². The molecule has 1 amide bonds. The Hall–Kier alpha value is -0.870. The van der Waals surface area contributed by atoms with Crippen LogP contribution in [0.25, 0.3) is 0 Å². The van der Waals surface area contributed by atoms with E-state index in [0.29, 0.717) is 6.04 Å². The number of thiophene rings is 1. The Bertz CT molecular complexity index is 438. The fourth-order valence-electron chi connectivity index (χ4n) is 3.19. The number of rotatable bonds is 2. The largest absolute Gasteiger partial charge is 0.347 e. The molecule has 1 fully saturated rings. The lowest BCUT2D eigenvalue weighted by atomic mass is 10.00. The molecule has 3 nitrogen and oxygen atoms in total. The Balaban J connectivity index is 1.66. The van der Waals surface area contributed by atoms with E-state index in [2.05, 4.69) is 16.7 Å². The molecule has 110 valence electrons. The molecule has 1 aliphatic carbocycles. The van der Waals surface area contributed by atoms with E-state index in [4.69, 9.17) is 0 Å². The van der Waals surface area contributed by atoms with Crippen molar-refractivity contribution in [2.45, 2.75) is 57.4 Å². The van der Waals surface area contributed by atoms with Crippen molar-refractivity contribution in [1.29, 1.82) is 0 Å². The van der Waals surface area contributed by atoms with Crippen molar-refractivity contribution >= 4 is 17.2 Å². The van der Waals surface area contributed by atoms with E-state index in [9.17, 15) is 4.79 Å². The molecule has 1 atom stereocenters. The number of piperidine rings is 1. The highest BCUT2D eigenvalue weighted by Gasteiger charge is 2.19. The molecule has 0 radical (unpaired) electrons. The first-order valence-electron chi connectivity index (χ1n) is 7.96. The van der Waals surface area contributed by atoms with Crippen molar-refractivity contribution in [1.82, 2.24) is 10.6 Å². The molecule has 1 aliphatic heterocycles. The summed E-state index contributed by atoms with van der Waals surface area (Å²) in [5.41, 5.74) is 1.43. The average Bonchev–Trinajstić information content (AvgIpc) is 2.82. The quantitative estimate of drug-likeness (QED) is 0.880. The highest BCUT2D eigenvalue weighted by molar-refractivity contribution is 7.14. The Morgan fingerprint density at radius 1 is 1.20 bits per heavy atom. The van der Waals surface area contributed by atoms with Crippen LogP contribution in [0.3, 0.4) is 0 Å². The summed E-state index contributed by atoms with van der Waals surface area (Å²) in [5.74, 6) is 0.135. The van der Waals surface area contributed by atoms with E-state index >= 15 is 0 Å². The molecule has 1 saturated heterocycles. The van der Waals surface area contributed by atoms with Gasteiger partial charge in [0.15, 0.2) is 0 Å². The number of carbonyl (C=O) groups is 1. The number of nitrogens with one attached hydrogen (secondary N) is 2. The lowest BCUT2D eigenvalue weighted by Crippen LogP contribution is -2.45. The predicted molar refractivity (Wildman–Crippen MR) is 83.6 cm³/mol. The predicted octanol–water partition coefficient (Wildman–Crippen LogP) is 2.89. The lowest BCUT2D eigenvalue weighted by molar-refractivity contribution is 0.0935. The second-order valence-electron chi connectivity index (χ2n) is 5.99. The molecule has 0 saturated carbocycles. The summed E-state index contributed by atoms with van der Waals surface area (Å²) in [4.78, 5) is 14.7. The second kappa shape index (κ2) is 6.72. The summed E-state index contributed by atoms with van der Waals surface area (Å²) in [7, 11) is 0. The fourth-order valence-corrected chi connectivity index (χ4v) is 4.34. The SMILES string of the molecule is O=C(N[C@H]1CCCNC1)c1cc2c(s1)CCCCCC2. The van der Waals surface area contributed by atoms with Gasteiger partial charge in [-0.3, -0.25) is 4.79 Å². The van der Waals surface area contributed by atoms with E-state index in [-0.39, 0.29) is 5.91 Å². The van der Waals surface area contributed by atoms with Crippen LogP contribution in [-0.2, 0) is 12.8 Å². The molecular weight excluding hydrogens is 268 g/mol. The zero-order valence-electron chi connectivity index (χ0n) is 12.0. The number of amides is 1. The summed E-state index contributed by atoms with van der Waals surface area (Å²) in [5, 5.41) is 6.53. The van der Waals surface area contributed by atoms with Crippen molar-refractivity contribution in [3.8, 4) is 0 Å². The average molecular weight is 292 g/mol. The molecule has 0 spiro atoms. The van der Waals surface area contributed by atoms with Crippen LogP contribution in [0.5, 0.6) is 0 Å². The highest BCUT2D eigenvalue weighted by Crippen LogP contribution is 2.28. The minimum absolute atomic E-state index is 0.135. The summed E-state index contributed by atoms with van der Waals surface area (Å²) >= 11 is 1.72. The molecule has 1 aromatic heterocycles. The minimum Gasteiger partial charge on any atom is -0.347 e. The van der Waals surface area contributed by atoms with Gasteiger partial charge in [-0.1, -0.05) is 12.8 Å². The van der Waals surface area contributed by atoms with Crippen molar-refractivity contribution in [3.63, 3.8) is 0 Å². The Morgan fingerprint density at radius 2 is 2.05 bits per heavy atom. The normalized spacial score (nSPS) is 23.5. The van der Waals surface area contributed by atoms with Crippen LogP contribution in [0.2, 0.25) is 0 Å². The minimum atomic E-state index is 0.135. The van der Waals surface area contributed by atoms with Crippen LogP contribution in [0.1, 0.15) is 58.6 Å². The third-order valence-corrected chi connectivity index (χ3v) is 5.59. The van der Waals surface area contributed by atoms with Crippen molar-refractivity contribution in [3.05, 3.63) is 21.4 Å². The molecule has 4 heteroatoms. The van der Waals surface area contributed by atoms with Crippen LogP contribution in [0, 0.1) is 0 Å². The second-order valence-corrected chi connectivity index (χ2v) is 7.13. The zero-order chi connectivity index (χ0) is 13.8. The summed E-state index contributed by atoms with van der Waals surface area (Å²) < 4.78 is 0. The first-order chi connectivity index (χ1) is 9.83. The van der Waals surface area contributed by atoms with Crippen LogP contribution in [0.4, 0.5) is 0 Å². The maximum Gasteiger partial charge on any atom is 0.261 e. The molecular formula is C16H24N2OS.